The van der Waals surface area contributed by atoms with Crippen molar-refractivity contribution in [2.75, 3.05) is 26.2 Å². The molecule has 1 atom stereocenters. The lowest BCUT2D eigenvalue weighted by atomic mass is 10.1. The van der Waals surface area contributed by atoms with E-state index >= 15 is 0 Å². The number of Topliss-reactive ketones (excluding diaryl/α,β-unsaturated/α-hetero) is 1. The molecule has 0 N–H and O–H groups in total. The Kier molecular flexibility index (Phi) is 5.24. The summed E-state index contributed by atoms with van der Waals surface area (Å²) in [7, 11) is 0. The molecule has 2 heterocycles. The number of thiophene rings is 1. The van der Waals surface area contributed by atoms with Crippen molar-refractivity contribution in [1.29, 1.82) is 0 Å². The Hall–Kier alpha value is -1.40. The molecule has 1 aromatic rings. The van der Waals surface area contributed by atoms with Gasteiger partial charge in [-0.2, -0.15) is 0 Å². The molecule has 0 saturated carbocycles. The Morgan fingerprint density at radius 1 is 1.36 bits per heavy atom. The third-order valence-corrected chi connectivity index (χ3v) is 4.47. The van der Waals surface area contributed by atoms with E-state index in [2.05, 4.69) is 4.90 Å². The fraction of sp³-hybridized carbons (Fsp3) is 0.625. The molecule has 0 bridgehead atoms. The summed E-state index contributed by atoms with van der Waals surface area (Å²) in [5.74, 6) is 0.146. The van der Waals surface area contributed by atoms with Crippen molar-refractivity contribution in [3.8, 4) is 0 Å². The molecule has 1 aliphatic heterocycles. The van der Waals surface area contributed by atoms with Gasteiger partial charge in [0.15, 0.2) is 5.78 Å². The first-order valence-electron chi connectivity index (χ1n) is 7.55. The van der Waals surface area contributed by atoms with E-state index < -0.39 is 5.60 Å². The number of ether oxygens (including phenoxy) is 1. The second-order valence-electron chi connectivity index (χ2n) is 6.65. The van der Waals surface area contributed by atoms with E-state index in [1.165, 1.54) is 11.3 Å². The molecule has 0 aliphatic carbocycles. The number of carbonyl (C=O) groups is 2. The van der Waals surface area contributed by atoms with Crippen molar-refractivity contribution in [2.45, 2.75) is 39.3 Å². The zero-order valence-electron chi connectivity index (χ0n) is 13.7. The van der Waals surface area contributed by atoms with Crippen LogP contribution in [0.5, 0.6) is 0 Å². The third-order valence-electron chi connectivity index (χ3n) is 3.56. The Bertz CT molecular complexity index is 522. The first kappa shape index (κ1) is 17.0. The molecule has 0 aromatic carbocycles. The van der Waals surface area contributed by atoms with Crippen LogP contribution < -0.4 is 0 Å². The third kappa shape index (κ3) is 4.55. The standard InChI is InChI=1S/C16H24N2O3S/c1-12-10-18(15(20)21-16(2,3)4)8-7-17(12)11-13(19)14-6-5-9-22-14/h5-6,9,12H,7-8,10-11H2,1-4H3/t12-/m0/s1. The highest BCUT2D eigenvalue weighted by Gasteiger charge is 2.30. The number of hydrogen-bond acceptors (Lipinski definition) is 5. The van der Waals surface area contributed by atoms with Gasteiger partial charge in [0.25, 0.3) is 0 Å². The minimum absolute atomic E-state index is 0.144. The smallest absolute Gasteiger partial charge is 0.410 e. The normalized spacial score (nSPS) is 20.0. The van der Waals surface area contributed by atoms with Gasteiger partial charge >= 0.3 is 6.09 Å². The number of ketones is 1. The zero-order chi connectivity index (χ0) is 16.3. The second kappa shape index (κ2) is 6.79. The average Bonchev–Trinajstić information content (AvgIpc) is 2.93. The number of rotatable bonds is 3. The fourth-order valence-electron chi connectivity index (χ4n) is 2.42. The number of piperazine rings is 1. The monoisotopic (exact) mass is 324 g/mol. The van der Waals surface area contributed by atoms with Gasteiger partial charge in [0.2, 0.25) is 0 Å². The molecule has 1 amide bonds. The van der Waals surface area contributed by atoms with Gasteiger partial charge < -0.3 is 9.64 Å². The lowest BCUT2D eigenvalue weighted by Crippen LogP contribution is -2.55. The van der Waals surface area contributed by atoms with Crippen molar-refractivity contribution in [3.63, 3.8) is 0 Å². The molecule has 1 saturated heterocycles. The van der Waals surface area contributed by atoms with Gasteiger partial charge in [-0.25, -0.2) is 4.79 Å². The fourth-order valence-corrected chi connectivity index (χ4v) is 3.08. The molecule has 0 spiro atoms. The summed E-state index contributed by atoms with van der Waals surface area (Å²) in [5, 5.41) is 1.91. The first-order chi connectivity index (χ1) is 10.3. The summed E-state index contributed by atoms with van der Waals surface area (Å²) in [6.45, 7) is 9.92. The summed E-state index contributed by atoms with van der Waals surface area (Å²) in [5.41, 5.74) is -0.480. The van der Waals surface area contributed by atoms with Gasteiger partial charge in [0.05, 0.1) is 11.4 Å². The quantitative estimate of drug-likeness (QED) is 0.802. The molecule has 1 aromatic heterocycles. The Morgan fingerprint density at radius 2 is 2.09 bits per heavy atom. The molecular weight excluding hydrogens is 300 g/mol. The molecule has 1 aliphatic rings. The van der Waals surface area contributed by atoms with Gasteiger partial charge in [-0.15, -0.1) is 11.3 Å². The predicted octanol–water partition coefficient (Wildman–Crippen LogP) is 2.87. The Morgan fingerprint density at radius 3 is 2.64 bits per heavy atom. The Balaban J connectivity index is 1.87. The molecule has 0 unspecified atom stereocenters. The molecule has 0 radical (unpaired) electrons. The van der Waals surface area contributed by atoms with Crippen molar-refractivity contribution in [1.82, 2.24) is 9.80 Å². The largest absolute Gasteiger partial charge is 0.444 e. The van der Waals surface area contributed by atoms with E-state index in [0.29, 0.717) is 26.2 Å². The average molecular weight is 324 g/mol. The van der Waals surface area contributed by atoms with Gasteiger partial charge in [-0.05, 0) is 39.1 Å². The lowest BCUT2D eigenvalue weighted by molar-refractivity contribution is 0.00660. The number of hydrogen-bond donors (Lipinski definition) is 0. The van der Waals surface area contributed by atoms with Crippen LogP contribution in [0.2, 0.25) is 0 Å². The van der Waals surface area contributed by atoms with Crippen LogP contribution in [0, 0.1) is 0 Å². The van der Waals surface area contributed by atoms with E-state index in [4.69, 9.17) is 4.74 Å². The van der Waals surface area contributed by atoms with Gasteiger partial charge in [-0.3, -0.25) is 9.69 Å². The molecule has 1 fully saturated rings. The summed E-state index contributed by atoms with van der Waals surface area (Å²) in [6.07, 6.45) is -0.274. The zero-order valence-corrected chi connectivity index (χ0v) is 14.5. The van der Waals surface area contributed by atoms with Gasteiger partial charge in [0, 0.05) is 25.7 Å². The molecule has 22 heavy (non-hydrogen) atoms. The molecule has 6 heteroatoms. The minimum Gasteiger partial charge on any atom is -0.444 e. The van der Waals surface area contributed by atoms with Crippen LogP contribution in [-0.2, 0) is 4.74 Å². The van der Waals surface area contributed by atoms with Crippen LogP contribution in [-0.4, -0.2) is 59.5 Å². The maximum atomic E-state index is 12.2. The van der Waals surface area contributed by atoms with E-state index in [1.807, 2.05) is 45.2 Å². The summed E-state index contributed by atoms with van der Waals surface area (Å²) < 4.78 is 5.40. The summed E-state index contributed by atoms with van der Waals surface area (Å²) in [6, 6.07) is 3.89. The van der Waals surface area contributed by atoms with Crippen molar-refractivity contribution < 1.29 is 14.3 Å². The Labute approximate surface area is 135 Å². The van der Waals surface area contributed by atoms with Crippen LogP contribution in [0.15, 0.2) is 17.5 Å². The van der Waals surface area contributed by atoms with Crippen LogP contribution in [0.4, 0.5) is 4.79 Å². The summed E-state index contributed by atoms with van der Waals surface area (Å²) >= 11 is 1.47. The topological polar surface area (TPSA) is 49.9 Å². The maximum Gasteiger partial charge on any atom is 0.410 e. The molecule has 2 rings (SSSR count). The number of nitrogens with zero attached hydrogens (tertiary/aromatic N) is 2. The second-order valence-corrected chi connectivity index (χ2v) is 7.59. The maximum absolute atomic E-state index is 12.2. The highest BCUT2D eigenvalue weighted by atomic mass is 32.1. The van der Waals surface area contributed by atoms with Crippen molar-refractivity contribution >= 4 is 23.2 Å². The van der Waals surface area contributed by atoms with Gasteiger partial charge in [0.1, 0.15) is 5.60 Å². The van der Waals surface area contributed by atoms with Crippen molar-refractivity contribution in [3.05, 3.63) is 22.4 Å². The number of carbonyl (C=O) groups excluding carboxylic acids is 2. The highest BCUT2D eigenvalue weighted by molar-refractivity contribution is 7.12. The van der Waals surface area contributed by atoms with E-state index in [9.17, 15) is 9.59 Å². The SMILES string of the molecule is C[C@H]1CN(C(=O)OC(C)(C)C)CCN1CC(=O)c1cccs1. The highest BCUT2D eigenvalue weighted by Crippen LogP contribution is 2.16. The minimum atomic E-state index is -0.480. The van der Waals surface area contributed by atoms with Crippen LogP contribution in [0.1, 0.15) is 37.4 Å². The summed E-state index contributed by atoms with van der Waals surface area (Å²) in [4.78, 5) is 28.9. The molecular formula is C16H24N2O3S. The first-order valence-corrected chi connectivity index (χ1v) is 8.43. The van der Waals surface area contributed by atoms with E-state index in [1.54, 1.807) is 4.90 Å². The van der Waals surface area contributed by atoms with Crippen molar-refractivity contribution in [2.24, 2.45) is 0 Å². The molecule has 5 nitrogen and oxygen atoms in total. The van der Waals surface area contributed by atoms with Gasteiger partial charge in [-0.1, -0.05) is 6.07 Å². The lowest BCUT2D eigenvalue weighted by Gasteiger charge is -2.39. The van der Waals surface area contributed by atoms with Crippen LogP contribution in [0.3, 0.4) is 0 Å². The van der Waals surface area contributed by atoms with E-state index in [-0.39, 0.29) is 17.9 Å². The molecule has 122 valence electrons. The van der Waals surface area contributed by atoms with E-state index in [0.717, 1.165) is 4.88 Å². The number of amides is 1. The van der Waals surface area contributed by atoms with Crippen LogP contribution in [0.25, 0.3) is 0 Å². The van der Waals surface area contributed by atoms with Crippen LogP contribution >= 0.6 is 11.3 Å². The predicted molar refractivity (Wildman–Crippen MR) is 87.5 cm³/mol.